The van der Waals surface area contributed by atoms with Crippen molar-refractivity contribution < 1.29 is 9.90 Å². The molecule has 3 rings (SSSR count). The molecule has 1 saturated heterocycles. The van der Waals surface area contributed by atoms with Crippen LogP contribution in [-0.4, -0.2) is 46.4 Å². The summed E-state index contributed by atoms with van der Waals surface area (Å²) in [6, 6.07) is 0.147. The van der Waals surface area contributed by atoms with Gasteiger partial charge in [0.15, 0.2) is 5.69 Å². The lowest BCUT2D eigenvalue weighted by Crippen LogP contribution is -2.53. The van der Waals surface area contributed by atoms with Crippen molar-refractivity contribution in [1.29, 1.82) is 0 Å². The first-order valence-corrected chi connectivity index (χ1v) is 8.83. The van der Waals surface area contributed by atoms with Crippen molar-refractivity contribution in [1.82, 2.24) is 20.8 Å². The maximum absolute atomic E-state index is 12.7. The van der Waals surface area contributed by atoms with Crippen molar-refractivity contribution >= 4 is 5.91 Å². The molecule has 4 N–H and O–H groups in total. The van der Waals surface area contributed by atoms with Crippen LogP contribution in [0, 0.1) is 18.8 Å². The van der Waals surface area contributed by atoms with E-state index in [-0.39, 0.29) is 18.1 Å². The van der Waals surface area contributed by atoms with E-state index in [4.69, 9.17) is 0 Å². The van der Waals surface area contributed by atoms with Crippen LogP contribution in [0.3, 0.4) is 0 Å². The predicted octanol–water partition coefficient (Wildman–Crippen LogP) is 1.15. The quantitative estimate of drug-likeness (QED) is 0.655. The number of H-pyrrole nitrogens is 1. The number of aliphatic hydroxyl groups excluding tert-OH is 1. The molecule has 1 amide bonds. The topological polar surface area (TPSA) is 90.0 Å². The number of hydrogen-bond donors (Lipinski definition) is 4. The third-order valence-electron chi connectivity index (χ3n) is 5.53. The van der Waals surface area contributed by atoms with Crippen molar-refractivity contribution in [2.45, 2.75) is 58.1 Å². The maximum atomic E-state index is 12.7. The lowest BCUT2D eigenvalue weighted by molar-refractivity contribution is 0.00912. The number of aryl methyl sites for hydroxylation is 1. The molecule has 6 nitrogen and oxygen atoms in total. The molecule has 2 fully saturated rings. The second-order valence-electron chi connectivity index (χ2n) is 7.00. The minimum absolute atomic E-state index is 0.0802. The van der Waals surface area contributed by atoms with E-state index in [1.807, 2.05) is 6.92 Å². The zero-order valence-electron chi connectivity index (χ0n) is 14.1. The summed E-state index contributed by atoms with van der Waals surface area (Å²) >= 11 is 0. The molecule has 6 heteroatoms. The van der Waals surface area contributed by atoms with Gasteiger partial charge in [-0.15, -0.1) is 0 Å². The fourth-order valence-corrected chi connectivity index (χ4v) is 3.97. The number of piperidine rings is 1. The zero-order chi connectivity index (χ0) is 16.4. The Hall–Kier alpha value is -1.40. The van der Waals surface area contributed by atoms with Crippen molar-refractivity contribution in [2.75, 3.05) is 13.1 Å². The van der Waals surface area contributed by atoms with Gasteiger partial charge in [-0.3, -0.25) is 9.89 Å². The van der Waals surface area contributed by atoms with Gasteiger partial charge in [-0.2, -0.15) is 5.10 Å². The second kappa shape index (κ2) is 7.01. The molecule has 2 heterocycles. The van der Waals surface area contributed by atoms with Gasteiger partial charge < -0.3 is 15.7 Å². The highest BCUT2D eigenvalue weighted by atomic mass is 16.3. The molecule has 23 heavy (non-hydrogen) atoms. The van der Waals surface area contributed by atoms with Gasteiger partial charge in [0.2, 0.25) is 0 Å². The van der Waals surface area contributed by atoms with E-state index in [2.05, 4.69) is 27.8 Å². The molecule has 1 aliphatic heterocycles. The zero-order valence-corrected chi connectivity index (χ0v) is 14.1. The van der Waals surface area contributed by atoms with Gasteiger partial charge in [0.25, 0.3) is 5.91 Å². The Balaban J connectivity index is 1.71. The van der Waals surface area contributed by atoms with Crippen LogP contribution in [0.25, 0.3) is 0 Å². The number of aromatic nitrogens is 2. The number of nitrogens with one attached hydrogen (secondary N) is 3. The van der Waals surface area contributed by atoms with Crippen molar-refractivity contribution in [3.63, 3.8) is 0 Å². The van der Waals surface area contributed by atoms with Crippen LogP contribution in [0.1, 0.15) is 54.4 Å². The molecular weight excluding hydrogens is 292 g/mol. The number of aliphatic hydroxyl groups is 1. The van der Waals surface area contributed by atoms with E-state index in [1.54, 1.807) is 0 Å². The van der Waals surface area contributed by atoms with E-state index in [9.17, 15) is 9.90 Å². The molecule has 0 spiro atoms. The van der Waals surface area contributed by atoms with Gasteiger partial charge in [-0.05, 0) is 64.0 Å². The average Bonchev–Trinajstić information content (AvgIpc) is 2.91. The highest BCUT2D eigenvalue weighted by Gasteiger charge is 2.39. The number of carbonyl (C=O) groups excluding carboxylic acids is 1. The van der Waals surface area contributed by atoms with Crippen LogP contribution in [0.4, 0.5) is 0 Å². The lowest BCUT2D eigenvalue weighted by atomic mass is 9.71. The summed E-state index contributed by atoms with van der Waals surface area (Å²) in [5.74, 6) is 0.799. The first-order valence-electron chi connectivity index (χ1n) is 8.83. The molecule has 1 atom stereocenters. The van der Waals surface area contributed by atoms with Crippen LogP contribution in [0.5, 0.6) is 0 Å². The van der Waals surface area contributed by atoms with Gasteiger partial charge in [0.05, 0.1) is 6.10 Å². The Morgan fingerprint density at radius 2 is 2.04 bits per heavy atom. The molecule has 1 unspecified atom stereocenters. The van der Waals surface area contributed by atoms with E-state index in [0.717, 1.165) is 56.5 Å². The number of amides is 1. The Labute approximate surface area is 137 Å². The summed E-state index contributed by atoms with van der Waals surface area (Å²) in [6.45, 7) is 6.01. The van der Waals surface area contributed by atoms with Crippen molar-refractivity contribution in [2.24, 2.45) is 11.8 Å². The third kappa shape index (κ3) is 3.43. The first kappa shape index (κ1) is 16.5. The SMILES string of the molecule is CCc1[nH]nc(C(=O)NC(C2CCNCC2)C2CC(O)C2)c1C. The van der Waals surface area contributed by atoms with Crippen LogP contribution in [-0.2, 0) is 6.42 Å². The fraction of sp³-hybridized carbons (Fsp3) is 0.765. The van der Waals surface area contributed by atoms with Crippen molar-refractivity contribution in [3.05, 3.63) is 17.0 Å². The molecule has 0 aromatic carbocycles. The Kier molecular flexibility index (Phi) is 5.02. The second-order valence-corrected chi connectivity index (χ2v) is 7.00. The number of rotatable bonds is 5. The van der Waals surface area contributed by atoms with E-state index < -0.39 is 0 Å². The Morgan fingerprint density at radius 3 is 2.61 bits per heavy atom. The Bertz CT molecular complexity index is 545. The number of aromatic amines is 1. The molecule has 0 radical (unpaired) electrons. The number of carbonyl (C=O) groups is 1. The molecule has 1 aromatic rings. The normalized spacial score (nSPS) is 26.6. The smallest absolute Gasteiger partial charge is 0.272 e. The third-order valence-corrected chi connectivity index (χ3v) is 5.53. The van der Waals surface area contributed by atoms with Crippen LogP contribution in [0.15, 0.2) is 0 Å². The van der Waals surface area contributed by atoms with Crippen LogP contribution >= 0.6 is 0 Å². The summed E-state index contributed by atoms with van der Waals surface area (Å²) < 4.78 is 0. The van der Waals surface area contributed by atoms with Crippen LogP contribution in [0.2, 0.25) is 0 Å². The summed E-state index contributed by atoms with van der Waals surface area (Å²) in [5, 5.41) is 23.4. The van der Waals surface area contributed by atoms with Gasteiger partial charge in [0.1, 0.15) is 0 Å². The Morgan fingerprint density at radius 1 is 1.35 bits per heavy atom. The minimum Gasteiger partial charge on any atom is -0.393 e. The maximum Gasteiger partial charge on any atom is 0.272 e. The molecule has 2 aliphatic rings. The minimum atomic E-state index is -0.195. The van der Waals surface area contributed by atoms with E-state index in [1.165, 1.54) is 0 Å². The molecule has 0 bridgehead atoms. The van der Waals surface area contributed by atoms with Crippen LogP contribution < -0.4 is 10.6 Å². The van der Waals surface area contributed by atoms with Gasteiger partial charge in [-0.1, -0.05) is 6.92 Å². The molecule has 1 saturated carbocycles. The number of hydrogen-bond acceptors (Lipinski definition) is 4. The molecular formula is C17H28N4O2. The standard InChI is InChI=1S/C17H28N4O2/c1-3-14-10(2)15(21-20-14)17(23)19-16(12-8-13(22)9-12)11-4-6-18-7-5-11/h11-13,16,18,22H,3-9H2,1-2H3,(H,19,23)(H,20,21). The highest BCUT2D eigenvalue weighted by Crippen LogP contribution is 2.36. The summed E-state index contributed by atoms with van der Waals surface area (Å²) in [7, 11) is 0. The lowest BCUT2D eigenvalue weighted by Gasteiger charge is -2.43. The number of nitrogens with zero attached hydrogens (tertiary/aromatic N) is 1. The highest BCUT2D eigenvalue weighted by molar-refractivity contribution is 5.94. The fourth-order valence-electron chi connectivity index (χ4n) is 3.97. The molecule has 1 aliphatic carbocycles. The monoisotopic (exact) mass is 320 g/mol. The predicted molar refractivity (Wildman–Crippen MR) is 88.3 cm³/mol. The van der Waals surface area contributed by atoms with Crippen molar-refractivity contribution in [3.8, 4) is 0 Å². The largest absolute Gasteiger partial charge is 0.393 e. The van der Waals surface area contributed by atoms with E-state index in [0.29, 0.717) is 17.5 Å². The average molecular weight is 320 g/mol. The van der Waals surface area contributed by atoms with Gasteiger partial charge in [-0.25, -0.2) is 0 Å². The summed E-state index contributed by atoms with van der Waals surface area (Å²) in [6.07, 6.45) is 4.41. The van der Waals surface area contributed by atoms with E-state index >= 15 is 0 Å². The van der Waals surface area contributed by atoms with Gasteiger partial charge >= 0.3 is 0 Å². The summed E-state index contributed by atoms with van der Waals surface area (Å²) in [4.78, 5) is 12.7. The molecule has 128 valence electrons. The first-order chi connectivity index (χ1) is 11.1. The summed E-state index contributed by atoms with van der Waals surface area (Å²) in [5.41, 5.74) is 2.48. The van der Waals surface area contributed by atoms with Gasteiger partial charge in [0, 0.05) is 17.3 Å². The molecule has 1 aromatic heterocycles.